The van der Waals surface area contributed by atoms with Crippen LogP contribution in [0.25, 0.3) is 6.08 Å². The van der Waals surface area contributed by atoms with E-state index in [1.54, 1.807) is 36.4 Å². The minimum absolute atomic E-state index is 0.0249. The third-order valence-electron chi connectivity index (χ3n) is 5.53. The molecule has 0 spiro atoms. The van der Waals surface area contributed by atoms with Gasteiger partial charge < -0.3 is 18.9 Å². The largest absolute Gasteiger partial charge is 0.493 e. The number of carbonyl (C=O) groups is 2. The van der Waals surface area contributed by atoms with Crippen LogP contribution in [0.5, 0.6) is 11.5 Å². The van der Waals surface area contributed by atoms with Crippen molar-refractivity contribution < 1.29 is 28.5 Å². The summed E-state index contributed by atoms with van der Waals surface area (Å²) in [5.41, 5.74) is 4.62. The second kappa shape index (κ2) is 9.87. The Kier molecular flexibility index (Phi) is 6.90. The van der Waals surface area contributed by atoms with Crippen LogP contribution >= 0.6 is 0 Å². The maximum Gasteiger partial charge on any atom is 0.282 e. The number of hydrogen-bond donors (Lipinski definition) is 1. The molecule has 34 heavy (non-hydrogen) atoms. The molecule has 0 radical (unpaired) electrons. The van der Waals surface area contributed by atoms with Gasteiger partial charge in [-0.05, 0) is 57.5 Å². The van der Waals surface area contributed by atoms with E-state index in [0.717, 1.165) is 12.0 Å². The maximum absolute atomic E-state index is 13.0. The fraction of sp³-hybridized carbons (Fsp3) is 0.385. The van der Waals surface area contributed by atoms with Gasteiger partial charge in [0.25, 0.3) is 11.8 Å². The Morgan fingerprint density at radius 3 is 2.59 bits per heavy atom. The van der Waals surface area contributed by atoms with Gasteiger partial charge in [0.05, 0.1) is 18.9 Å². The van der Waals surface area contributed by atoms with Gasteiger partial charge in [-0.2, -0.15) is 0 Å². The summed E-state index contributed by atoms with van der Waals surface area (Å²) in [5.74, 6) is -0.336. The van der Waals surface area contributed by atoms with Gasteiger partial charge >= 0.3 is 0 Å². The van der Waals surface area contributed by atoms with Gasteiger partial charge in [0.1, 0.15) is 29.8 Å². The van der Waals surface area contributed by atoms with Crippen LogP contribution in [-0.2, 0) is 19.1 Å². The summed E-state index contributed by atoms with van der Waals surface area (Å²) in [6.45, 7) is 8.89. The van der Waals surface area contributed by atoms with E-state index in [4.69, 9.17) is 18.9 Å². The molecule has 2 amide bonds. The summed E-state index contributed by atoms with van der Waals surface area (Å²) < 4.78 is 23.5. The van der Waals surface area contributed by atoms with Crippen molar-refractivity contribution >= 4 is 23.6 Å². The van der Waals surface area contributed by atoms with Gasteiger partial charge in [0.2, 0.25) is 0 Å². The first-order chi connectivity index (χ1) is 16.3. The Labute approximate surface area is 199 Å². The number of hydrazine groups is 1. The quantitative estimate of drug-likeness (QED) is 0.471. The van der Waals surface area contributed by atoms with Crippen LogP contribution in [0.2, 0.25) is 0 Å². The van der Waals surface area contributed by atoms with E-state index in [1.165, 1.54) is 5.01 Å². The molecule has 0 bridgehead atoms. The van der Waals surface area contributed by atoms with E-state index in [2.05, 4.69) is 5.43 Å². The van der Waals surface area contributed by atoms with Crippen molar-refractivity contribution in [1.82, 2.24) is 5.43 Å². The molecule has 8 nitrogen and oxygen atoms in total. The first-order valence-corrected chi connectivity index (χ1v) is 11.4. The molecular weight excluding hydrogens is 436 g/mol. The van der Waals surface area contributed by atoms with Gasteiger partial charge in [0, 0.05) is 11.1 Å². The normalized spacial score (nSPS) is 20.6. The lowest BCUT2D eigenvalue weighted by atomic mass is 10.0. The second-order valence-electron chi connectivity index (χ2n) is 8.69. The molecule has 1 N–H and O–H groups in total. The van der Waals surface area contributed by atoms with Crippen molar-refractivity contribution in [3.8, 4) is 11.5 Å². The Morgan fingerprint density at radius 2 is 1.91 bits per heavy atom. The lowest BCUT2D eigenvalue weighted by Crippen LogP contribution is -2.35. The van der Waals surface area contributed by atoms with Gasteiger partial charge in [-0.15, -0.1) is 0 Å². The summed E-state index contributed by atoms with van der Waals surface area (Å²) in [6, 6.07) is 12.6. The molecule has 2 fully saturated rings. The van der Waals surface area contributed by atoms with Crippen LogP contribution in [-0.4, -0.2) is 43.5 Å². The molecular formula is C26H30N2O6. The Morgan fingerprint density at radius 1 is 1.15 bits per heavy atom. The SMILES string of the molecule is CCCOc1ccc(/C=C2/C(=O)NN(c3ccccc3)C2=O)c(OC[C@@H]2COC(C)(C)O2)c1C. The molecule has 8 heteroatoms. The number of carbonyl (C=O) groups excluding carboxylic acids is 2. The van der Waals surface area contributed by atoms with Crippen molar-refractivity contribution in [2.45, 2.75) is 46.0 Å². The number of nitrogens with zero attached hydrogens (tertiary/aromatic N) is 1. The summed E-state index contributed by atoms with van der Waals surface area (Å²) >= 11 is 0. The predicted molar refractivity (Wildman–Crippen MR) is 127 cm³/mol. The number of amides is 2. The van der Waals surface area contributed by atoms with Crippen molar-refractivity contribution in [2.24, 2.45) is 0 Å². The number of hydrogen-bond acceptors (Lipinski definition) is 6. The third kappa shape index (κ3) is 5.08. The van der Waals surface area contributed by atoms with Gasteiger partial charge in [-0.25, -0.2) is 5.01 Å². The van der Waals surface area contributed by atoms with Crippen LogP contribution in [0, 0.1) is 6.92 Å². The van der Waals surface area contributed by atoms with Gasteiger partial charge in [0.15, 0.2) is 5.79 Å². The van der Waals surface area contributed by atoms with Crippen LogP contribution in [0.3, 0.4) is 0 Å². The number of ether oxygens (including phenoxy) is 4. The number of benzene rings is 2. The zero-order chi connectivity index (χ0) is 24.3. The summed E-state index contributed by atoms with van der Waals surface area (Å²) in [4.78, 5) is 25.7. The van der Waals surface area contributed by atoms with E-state index in [9.17, 15) is 9.59 Å². The van der Waals surface area contributed by atoms with Crippen LogP contribution < -0.4 is 19.9 Å². The van der Waals surface area contributed by atoms with E-state index in [0.29, 0.717) is 36.0 Å². The van der Waals surface area contributed by atoms with E-state index in [1.807, 2.05) is 39.8 Å². The maximum atomic E-state index is 13.0. The van der Waals surface area contributed by atoms with Crippen LogP contribution in [0.4, 0.5) is 5.69 Å². The highest BCUT2D eigenvalue weighted by molar-refractivity contribution is 6.31. The van der Waals surface area contributed by atoms with E-state index < -0.39 is 17.6 Å². The highest BCUT2D eigenvalue weighted by Gasteiger charge is 2.35. The molecule has 0 unspecified atom stereocenters. The lowest BCUT2D eigenvalue weighted by Gasteiger charge is -2.19. The smallest absolute Gasteiger partial charge is 0.282 e. The summed E-state index contributed by atoms with van der Waals surface area (Å²) in [5, 5.41) is 1.24. The Bertz CT molecular complexity index is 1100. The molecule has 2 saturated heterocycles. The summed E-state index contributed by atoms with van der Waals surface area (Å²) in [6.07, 6.45) is 2.19. The monoisotopic (exact) mass is 466 g/mol. The number of nitrogens with one attached hydrogen (secondary N) is 1. The fourth-order valence-corrected chi connectivity index (χ4v) is 3.86. The zero-order valence-electron chi connectivity index (χ0n) is 19.9. The molecule has 2 aliphatic heterocycles. The van der Waals surface area contributed by atoms with E-state index >= 15 is 0 Å². The number of rotatable bonds is 8. The second-order valence-corrected chi connectivity index (χ2v) is 8.69. The molecule has 2 heterocycles. The van der Waals surface area contributed by atoms with Crippen molar-refractivity contribution in [2.75, 3.05) is 24.8 Å². The number of para-hydroxylation sites is 1. The molecule has 1 atom stereocenters. The number of anilines is 1. The minimum atomic E-state index is -0.658. The van der Waals surface area contributed by atoms with Crippen LogP contribution in [0.15, 0.2) is 48.0 Å². The highest BCUT2D eigenvalue weighted by Crippen LogP contribution is 2.35. The third-order valence-corrected chi connectivity index (χ3v) is 5.53. The molecule has 0 aliphatic carbocycles. The fourth-order valence-electron chi connectivity index (χ4n) is 3.86. The topological polar surface area (TPSA) is 86.3 Å². The summed E-state index contributed by atoms with van der Waals surface area (Å²) in [7, 11) is 0. The Balaban J connectivity index is 1.63. The average Bonchev–Trinajstić information content (AvgIpc) is 3.31. The van der Waals surface area contributed by atoms with Gasteiger partial charge in [-0.1, -0.05) is 25.1 Å². The first-order valence-electron chi connectivity index (χ1n) is 11.4. The molecule has 2 aromatic rings. The average molecular weight is 467 g/mol. The van der Waals surface area contributed by atoms with Crippen molar-refractivity contribution in [3.05, 3.63) is 59.2 Å². The molecule has 4 rings (SSSR count). The van der Waals surface area contributed by atoms with E-state index in [-0.39, 0.29) is 18.3 Å². The zero-order valence-corrected chi connectivity index (χ0v) is 19.9. The Hall–Kier alpha value is -3.36. The minimum Gasteiger partial charge on any atom is -0.493 e. The standard InChI is InChI=1S/C26H30N2O6/c1-5-13-31-22-12-11-18(23(17(22)2)32-15-20-16-33-26(3,4)34-20)14-21-24(29)27-28(25(21)30)19-9-7-6-8-10-19/h6-12,14,20H,5,13,15-16H2,1-4H3,(H,27,29)/b21-14-/t20-/m1/s1. The predicted octanol–water partition coefficient (Wildman–Crippen LogP) is 3.78. The first kappa shape index (κ1) is 23.8. The molecule has 180 valence electrons. The molecule has 0 saturated carbocycles. The van der Waals surface area contributed by atoms with Gasteiger partial charge in [-0.3, -0.25) is 15.0 Å². The molecule has 2 aliphatic rings. The lowest BCUT2D eigenvalue weighted by molar-refractivity contribution is -0.141. The van der Waals surface area contributed by atoms with Crippen molar-refractivity contribution in [1.29, 1.82) is 0 Å². The molecule has 2 aromatic carbocycles. The van der Waals surface area contributed by atoms with Crippen molar-refractivity contribution in [3.63, 3.8) is 0 Å². The molecule has 0 aromatic heterocycles. The highest BCUT2D eigenvalue weighted by atomic mass is 16.7. The van der Waals surface area contributed by atoms with Crippen LogP contribution in [0.1, 0.15) is 38.3 Å².